The number of pyridine rings is 1. The molecule has 2 N–H and O–H groups in total. The zero-order valence-corrected chi connectivity index (χ0v) is 13.1. The lowest BCUT2D eigenvalue weighted by molar-refractivity contribution is 0.262. The molecular formula is C12H8Cl2IN3O. The molecule has 0 aliphatic heterocycles. The van der Waals surface area contributed by atoms with Crippen LogP contribution in [0.1, 0.15) is 0 Å². The maximum Gasteiger partial charge on any atom is 0.324 e. The third-order valence-electron chi connectivity index (χ3n) is 2.15. The molecule has 0 radical (unpaired) electrons. The molecule has 0 atom stereocenters. The Labute approximate surface area is 133 Å². The van der Waals surface area contributed by atoms with Gasteiger partial charge in [-0.2, -0.15) is 0 Å². The van der Waals surface area contributed by atoms with Crippen LogP contribution in [-0.4, -0.2) is 11.0 Å². The fraction of sp³-hybridized carbons (Fsp3) is 0. The van der Waals surface area contributed by atoms with Crippen molar-refractivity contribution in [3.63, 3.8) is 0 Å². The molecule has 19 heavy (non-hydrogen) atoms. The SMILES string of the molecule is O=C(Nc1ccc(I)cn1)Nc1cc(Cl)ccc1Cl. The van der Waals surface area contributed by atoms with Crippen molar-refractivity contribution in [3.8, 4) is 0 Å². The molecule has 4 nitrogen and oxygen atoms in total. The maximum absolute atomic E-state index is 11.8. The van der Waals surface area contributed by atoms with Gasteiger partial charge in [0.1, 0.15) is 5.82 Å². The average Bonchev–Trinajstić information content (AvgIpc) is 2.37. The summed E-state index contributed by atoms with van der Waals surface area (Å²) in [6.45, 7) is 0. The second-order valence-corrected chi connectivity index (χ2v) is 5.65. The lowest BCUT2D eigenvalue weighted by atomic mass is 10.3. The quantitative estimate of drug-likeness (QED) is 0.712. The second kappa shape index (κ2) is 6.40. The van der Waals surface area contributed by atoms with Crippen LogP contribution in [0.5, 0.6) is 0 Å². The molecule has 0 saturated heterocycles. The molecule has 0 bridgehead atoms. The van der Waals surface area contributed by atoms with E-state index in [4.69, 9.17) is 23.2 Å². The first-order valence-electron chi connectivity index (χ1n) is 5.19. The van der Waals surface area contributed by atoms with Crippen LogP contribution in [0.3, 0.4) is 0 Å². The van der Waals surface area contributed by atoms with Crippen LogP contribution < -0.4 is 10.6 Å². The van der Waals surface area contributed by atoms with Crippen LogP contribution >= 0.6 is 45.8 Å². The minimum atomic E-state index is -0.433. The van der Waals surface area contributed by atoms with Gasteiger partial charge in [-0.15, -0.1) is 0 Å². The third-order valence-corrected chi connectivity index (χ3v) is 3.35. The summed E-state index contributed by atoms with van der Waals surface area (Å²) in [5.41, 5.74) is 0.442. The number of carbonyl (C=O) groups excluding carboxylic acids is 1. The molecule has 0 aliphatic carbocycles. The number of anilines is 2. The van der Waals surface area contributed by atoms with E-state index >= 15 is 0 Å². The monoisotopic (exact) mass is 407 g/mol. The summed E-state index contributed by atoms with van der Waals surface area (Å²) < 4.78 is 0.987. The Morgan fingerprint density at radius 3 is 2.63 bits per heavy atom. The number of hydrogen-bond acceptors (Lipinski definition) is 2. The van der Waals surface area contributed by atoms with Gasteiger partial charge in [0, 0.05) is 14.8 Å². The van der Waals surface area contributed by atoms with Gasteiger partial charge >= 0.3 is 6.03 Å². The Morgan fingerprint density at radius 2 is 1.95 bits per heavy atom. The average molecular weight is 408 g/mol. The minimum absolute atomic E-state index is 0.412. The van der Waals surface area contributed by atoms with Crippen molar-refractivity contribution in [1.82, 2.24) is 4.98 Å². The highest BCUT2D eigenvalue weighted by Gasteiger charge is 2.07. The first kappa shape index (κ1) is 14.4. The number of carbonyl (C=O) groups is 1. The third kappa shape index (κ3) is 4.22. The second-order valence-electron chi connectivity index (χ2n) is 3.56. The van der Waals surface area contributed by atoms with E-state index in [9.17, 15) is 4.79 Å². The zero-order valence-electron chi connectivity index (χ0n) is 9.45. The number of rotatable bonds is 2. The largest absolute Gasteiger partial charge is 0.324 e. The van der Waals surface area contributed by atoms with E-state index in [0.717, 1.165) is 3.57 Å². The van der Waals surface area contributed by atoms with Crippen LogP contribution in [0.15, 0.2) is 36.5 Å². The first-order chi connectivity index (χ1) is 9.04. The lowest BCUT2D eigenvalue weighted by Gasteiger charge is -2.08. The zero-order chi connectivity index (χ0) is 13.8. The van der Waals surface area contributed by atoms with Crippen LogP contribution in [0, 0.1) is 3.57 Å². The van der Waals surface area contributed by atoms with Crippen molar-refractivity contribution in [1.29, 1.82) is 0 Å². The Kier molecular flexibility index (Phi) is 4.84. The highest BCUT2D eigenvalue weighted by molar-refractivity contribution is 14.1. The fourth-order valence-electron chi connectivity index (χ4n) is 1.31. The van der Waals surface area contributed by atoms with Gasteiger partial charge in [-0.1, -0.05) is 23.2 Å². The summed E-state index contributed by atoms with van der Waals surface area (Å²) in [5.74, 6) is 0.455. The van der Waals surface area contributed by atoms with E-state index in [1.807, 2.05) is 6.07 Å². The van der Waals surface area contributed by atoms with Gasteiger partial charge in [-0.25, -0.2) is 9.78 Å². The van der Waals surface area contributed by atoms with Crippen LogP contribution in [0.4, 0.5) is 16.3 Å². The van der Waals surface area contributed by atoms with Gasteiger partial charge in [-0.3, -0.25) is 5.32 Å². The van der Waals surface area contributed by atoms with Crippen LogP contribution in [-0.2, 0) is 0 Å². The summed E-state index contributed by atoms with van der Waals surface area (Å²) in [6, 6.07) is 7.95. The normalized spacial score (nSPS) is 10.1. The predicted octanol–water partition coefficient (Wildman–Crippen LogP) is 4.64. The summed E-state index contributed by atoms with van der Waals surface area (Å²) in [7, 11) is 0. The number of halogens is 3. The molecular weight excluding hydrogens is 400 g/mol. The van der Waals surface area contributed by atoms with Crippen molar-refractivity contribution in [2.45, 2.75) is 0 Å². The number of nitrogens with one attached hydrogen (secondary N) is 2. The van der Waals surface area contributed by atoms with E-state index < -0.39 is 6.03 Å². The molecule has 0 fully saturated rings. The van der Waals surface area contributed by atoms with Crippen molar-refractivity contribution in [2.75, 3.05) is 10.6 Å². The van der Waals surface area contributed by atoms with Crippen LogP contribution in [0.2, 0.25) is 10.0 Å². The Balaban J connectivity index is 2.05. The van der Waals surface area contributed by atoms with Gasteiger partial charge < -0.3 is 5.32 Å². The predicted molar refractivity (Wildman–Crippen MR) is 86.1 cm³/mol. The fourth-order valence-corrected chi connectivity index (χ4v) is 1.97. The lowest BCUT2D eigenvalue weighted by Crippen LogP contribution is -2.20. The maximum atomic E-state index is 11.8. The van der Waals surface area contributed by atoms with E-state index in [1.165, 1.54) is 0 Å². The molecule has 0 unspecified atom stereocenters. The van der Waals surface area contributed by atoms with Gasteiger partial charge in [0.2, 0.25) is 0 Å². The van der Waals surface area contributed by atoms with Crippen molar-refractivity contribution in [2.24, 2.45) is 0 Å². The molecule has 98 valence electrons. The number of amides is 2. The number of aromatic nitrogens is 1. The molecule has 0 spiro atoms. The number of nitrogens with zero attached hydrogens (tertiary/aromatic N) is 1. The smallest absolute Gasteiger partial charge is 0.306 e. The summed E-state index contributed by atoms with van der Waals surface area (Å²) in [4.78, 5) is 15.8. The van der Waals surface area contributed by atoms with E-state index in [-0.39, 0.29) is 0 Å². The molecule has 2 amide bonds. The molecule has 7 heteroatoms. The molecule has 0 saturated carbocycles. The van der Waals surface area contributed by atoms with Crippen LogP contribution in [0.25, 0.3) is 0 Å². The summed E-state index contributed by atoms with van der Waals surface area (Å²) in [5, 5.41) is 6.11. The molecule has 2 aromatic rings. The van der Waals surface area contributed by atoms with Gasteiger partial charge in [0.05, 0.1) is 10.7 Å². The van der Waals surface area contributed by atoms with Gasteiger partial charge in [0.15, 0.2) is 0 Å². The Morgan fingerprint density at radius 1 is 1.16 bits per heavy atom. The van der Waals surface area contributed by atoms with E-state index in [1.54, 1.807) is 30.5 Å². The highest BCUT2D eigenvalue weighted by Crippen LogP contribution is 2.25. The van der Waals surface area contributed by atoms with Gasteiger partial charge in [-0.05, 0) is 52.9 Å². The summed E-state index contributed by atoms with van der Waals surface area (Å²) in [6.07, 6.45) is 1.66. The molecule has 0 aliphatic rings. The van der Waals surface area contributed by atoms with Crippen molar-refractivity contribution >= 4 is 63.3 Å². The highest BCUT2D eigenvalue weighted by atomic mass is 127. The number of benzene rings is 1. The first-order valence-corrected chi connectivity index (χ1v) is 7.02. The standard InChI is InChI=1S/C12H8Cl2IN3O/c13-7-1-3-9(14)10(5-7)17-12(19)18-11-4-2-8(15)6-16-11/h1-6H,(H2,16,17,18,19). The number of urea groups is 1. The van der Waals surface area contributed by atoms with Gasteiger partial charge in [0.25, 0.3) is 0 Å². The minimum Gasteiger partial charge on any atom is -0.306 e. The summed E-state index contributed by atoms with van der Waals surface area (Å²) >= 11 is 13.9. The topological polar surface area (TPSA) is 54.0 Å². The molecule has 1 heterocycles. The Bertz CT molecular complexity index is 604. The Hall–Kier alpha value is -1.05. The molecule has 2 rings (SSSR count). The number of hydrogen-bond donors (Lipinski definition) is 2. The molecule has 1 aromatic carbocycles. The van der Waals surface area contributed by atoms with E-state index in [0.29, 0.717) is 21.6 Å². The van der Waals surface area contributed by atoms with E-state index in [2.05, 4.69) is 38.2 Å². The van der Waals surface area contributed by atoms with Crippen molar-refractivity contribution in [3.05, 3.63) is 50.1 Å². The molecule has 1 aromatic heterocycles. The van der Waals surface area contributed by atoms with Crippen molar-refractivity contribution < 1.29 is 4.79 Å².